The second-order valence-electron chi connectivity index (χ2n) is 4.73. The first kappa shape index (κ1) is 15.9. The summed E-state index contributed by atoms with van der Waals surface area (Å²) in [6, 6.07) is 7.53. The number of rotatable bonds is 4. The molecule has 0 amide bonds. The smallest absolute Gasteiger partial charge is 0.131 e. The maximum Gasteiger partial charge on any atom is 0.131 e. The van der Waals surface area contributed by atoms with Gasteiger partial charge >= 0.3 is 0 Å². The summed E-state index contributed by atoms with van der Waals surface area (Å²) in [7, 11) is 3.29. The molecule has 2 aromatic carbocycles. The molecule has 0 saturated carbocycles. The van der Waals surface area contributed by atoms with E-state index in [1.165, 1.54) is 6.07 Å². The van der Waals surface area contributed by atoms with Gasteiger partial charge in [0, 0.05) is 21.7 Å². The number of ether oxygens (including phenoxy) is 1. The Labute approximate surface area is 131 Å². The zero-order chi connectivity index (χ0) is 15.6. The van der Waals surface area contributed by atoms with Crippen molar-refractivity contribution in [2.75, 3.05) is 14.2 Å². The van der Waals surface area contributed by atoms with Crippen molar-refractivity contribution < 1.29 is 13.5 Å². The maximum absolute atomic E-state index is 14.1. The molecule has 1 unspecified atom stereocenters. The van der Waals surface area contributed by atoms with Crippen molar-refractivity contribution in [2.45, 2.75) is 13.0 Å². The van der Waals surface area contributed by atoms with Crippen molar-refractivity contribution in [1.82, 2.24) is 5.32 Å². The minimum absolute atomic E-state index is 0.386. The Balaban J connectivity index is 2.57. The summed E-state index contributed by atoms with van der Waals surface area (Å²) in [6.07, 6.45) is 0. The number of halogens is 3. The van der Waals surface area contributed by atoms with Crippen LogP contribution in [-0.2, 0) is 0 Å². The fourth-order valence-corrected chi connectivity index (χ4v) is 2.64. The molecule has 2 nitrogen and oxygen atoms in total. The first-order chi connectivity index (χ1) is 9.97. The Morgan fingerprint density at radius 3 is 2.43 bits per heavy atom. The summed E-state index contributed by atoms with van der Waals surface area (Å²) in [5.41, 5.74) is 1.58. The van der Waals surface area contributed by atoms with E-state index in [2.05, 4.69) is 21.2 Å². The molecule has 5 heteroatoms. The molecule has 0 aromatic heterocycles. The zero-order valence-electron chi connectivity index (χ0n) is 12.0. The van der Waals surface area contributed by atoms with E-state index in [0.717, 1.165) is 16.1 Å². The van der Waals surface area contributed by atoms with Crippen LogP contribution in [0.15, 0.2) is 34.8 Å². The van der Waals surface area contributed by atoms with E-state index in [-0.39, 0.29) is 0 Å². The molecule has 1 atom stereocenters. The van der Waals surface area contributed by atoms with Crippen molar-refractivity contribution >= 4 is 15.9 Å². The molecular weight excluding hydrogens is 340 g/mol. The van der Waals surface area contributed by atoms with Crippen LogP contribution in [0.3, 0.4) is 0 Å². The lowest BCUT2D eigenvalue weighted by atomic mass is 9.96. The molecule has 0 aliphatic heterocycles. The summed E-state index contributed by atoms with van der Waals surface area (Å²) >= 11 is 3.38. The standard InChI is InChI=1S/C16H16BrF2NO/c1-9-6-12(14(19)8-13(9)18)16(20-2)11-5-4-10(17)7-15(11)21-3/h4-8,16,20H,1-3H3. The van der Waals surface area contributed by atoms with Crippen LogP contribution in [0.2, 0.25) is 0 Å². The highest BCUT2D eigenvalue weighted by atomic mass is 79.9. The van der Waals surface area contributed by atoms with Crippen LogP contribution in [0.1, 0.15) is 22.7 Å². The number of aryl methyl sites for hydroxylation is 1. The topological polar surface area (TPSA) is 21.3 Å². The minimum atomic E-state index is -0.581. The Kier molecular flexibility index (Phi) is 4.96. The normalized spacial score (nSPS) is 12.3. The van der Waals surface area contributed by atoms with Gasteiger partial charge in [0.1, 0.15) is 17.4 Å². The van der Waals surface area contributed by atoms with Gasteiger partial charge in [-0.1, -0.05) is 22.0 Å². The van der Waals surface area contributed by atoms with Crippen molar-refractivity contribution in [3.8, 4) is 5.75 Å². The molecule has 0 radical (unpaired) electrons. The van der Waals surface area contributed by atoms with E-state index in [9.17, 15) is 8.78 Å². The van der Waals surface area contributed by atoms with E-state index < -0.39 is 17.7 Å². The molecule has 112 valence electrons. The van der Waals surface area contributed by atoms with Gasteiger partial charge in [0.15, 0.2) is 0 Å². The van der Waals surface area contributed by atoms with Gasteiger partial charge in [-0.05, 0) is 37.7 Å². The minimum Gasteiger partial charge on any atom is -0.496 e. The number of methoxy groups -OCH3 is 1. The summed E-state index contributed by atoms with van der Waals surface area (Å²) in [5.74, 6) is -0.499. The van der Waals surface area contributed by atoms with Gasteiger partial charge in [0.2, 0.25) is 0 Å². The highest BCUT2D eigenvalue weighted by molar-refractivity contribution is 9.10. The monoisotopic (exact) mass is 355 g/mol. The van der Waals surface area contributed by atoms with Gasteiger partial charge in [-0.3, -0.25) is 0 Å². The second-order valence-corrected chi connectivity index (χ2v) is 5.65. The molecule has 1 N–H and O–H groups in total. The van der Waals surface area contributed by atoms with Crippen LogP contribution in [0, 0.1) is 18.6 Å². The van der Waals surface area contributed by atoms with Crippen LogP contribution in [0.5, 0.6) is 5.75 Å². The zero-order valence-corrected chi connectivity index (χ0v) is 13.6. The number of hydrogen-bond acceptors (Lipinski definition) is 2. The third kappa shape index (κ3) is 3.24. The molecule has 2 rings (SSSR count). The lowest BCUT2D eigenvalue weighted by Crippen LogP contribution is -2.20. The molecule has 0 bridgehead atoms. The van der Waals surface area contributed by atoms with Gasteiger partial charge in [-0.25, -0.2) is 8.78 Å². The number of nitrogens with one attached hydrogen (secondary N) is 1. The quantitative estimate of drug-likeness (QED) is 0.879. The molecule has 0 heterocycles. The lowest BCUT2D eigenvalue weighted by molar-refractivity contribution is 0.404. The predicted octanol–water partition coefficient (Wildman–Crippen LogP) is 4.35. The Bertz CT molecular complexity index is 661. The Morgan fingerprint density at radius 1 is 1.10 bits per heavy atom. The SMILES string of the molecule is CNC(c1cc(C)c(F)cc1F)c1ccc(Br)cc1OC. The van der Waals surface area contributed by atoms with Crippen LogP contribution >= 0.6 is 15.9 Å². The first-order valence-electron chi connectivity index (χ1n) is 6.44. The van der Waals surface area contributed by atoms with E-state index in [1.807, 2.05) is 18.2 Å². The lowest BCUT2D eigenvalue weighted by Gasteiger charge is -2.21. The predicted molar refractivity (Wildman–Crippen MR) is 82.7 cm³/mol. The van der Waals surface area contributed by atoms with Crippen molar-refractivity contribution in [3.05, 3.63) is 63.1 Å². The number of benzene rings is 2. The van der Waals surface area contributed by atoms with Gasteiger partial charge in [0.05, 0.1) is 13.2 Å². The van der Waals surface area contributed by atoms with Crippen molar-refractivity contribution in [3.63, 3.8) is 0 Å². The van der Waals surface area contributed by atoms with Crippen LogP contribution in [0.4, 0.5) is 8.78 Å². The summed E-state index contributed by atoms with van der Waals surface area (Å²) in [6.45, 7) is 1.61. The van der Waals surface area contributed by atoms with Gasteiger partial charge in [-0.15, -0.1) is 0 Å². The van der Waals surface area contributed by atoms with Crippen molar-refractivity contribution in [1.29, 1.82) is 0 Å². The molecule has 0 spiro atoms. The average Bonchev–Trinajstić information content (AvgIpc) is 2.46. The van der Waals surface area contributed by atoms with Crippen molar-refractivity contribution in [2.24, 2.45) is 0 Å². The molecule has 0 aliphatic rings. The Hall–Kier alpha value is -1.46. The third-order valence-corrected chi connectivity index (χ3v) is 3.88. The van der Waals surface area contributed by atoms with Crippen LogP contribution < -0.4 is 10.1 Å². The highest BCUT2D eigenvalue weighted by Gasteiger charge is 2.21. The van der Waals surface area contributed by atoms with Crippen LogP contribution in [-0.4, -0.2) is 14.2 Å². The molecule has 21 heavy (non-hydrogen) atoms. The maximum atomic E-state index is 14.1. The fourth-order valence-electron chi connectivity index (χ4n) is 2.30. The van der Waals surface area contributed by atoms with E-state index in [0.29, 0.717) is 16.9 Å². The van der Waals surface area contributed by atoms with Gasteiger partial charge in [-0.2, -0.15) is 0 Å². The first-order valence-corrected chi connectivity index (χ1v) is 7.23. The van der Waals surface area contributed by atoms with E-state index in [4.69, 9.17) is 4.74 Å². The summed E-state index contributed by atoms with van der Waals surface area (Å²) in [4.78, 5) is 0. The number of hydrogen-bond donors (Lipinski definition) is 1. The second kappa shape index (κ2) is 6.54. The van der Waals surface area contributed by atoms with Gasteiger partial charge < -0.3 is 10.1 Å². The third-order valence-electron chi connectivity index (χ3n) is 3.38. The molecular formula is C16H16BrF2NO. The molecule has 2 aromatic rings. The summed E-state index contributed by atoms with van der Waals surface area (Å²) < 4.78 is 33.8. The van der Waals surface area contributed by atoms with Crippen LogP contribution in [0.25, 0.3) is 0 Å². The Morgan fingerprint density at radius 2 is 1.81 bits per heavy atom. The molecule has 0 saturated heterocycles. The highest BCUT2D eigenvalue weighted by Crippen LogP contribution is 2.33. The van der Waals surface area contributed by atoms with Gasteiger partial charge in [0.25, 0.3) is 0 Å². The average molecular weight is 356 g/mol. The molecule has 0 aliphatic carbocycles. The summed E-state index contributed by atoms with van der Waals surface area (Å²) in [5, 5.41) is 3.06. The van der Waals surface area contributed by atoms with E-state index >= 15 is 0 Å². The fraction of sp³-hybridized carbons (Fsp3) is 0.250. The largest absolute Gasteiger partial charge is 0.496 e. The molecule has 0 fully saturated rings. The van der Waals surface area contributed by atoms with E-state index in [1.54, 1.807) is 21.1 Å².